The van der Waals surface area contributed by atoms with E-state index in [9.17, 15) is 4.79 Å². The molecule has 1 saturated carbocycles. The molecule has 4 aliphatic heterocycles. The van der Waals surface area contributed by atoms with Crippen molar-refractivity contribution in [2.75, 3.05) is 0 Å². The average molecular weight is 252 g/mol. The van der Waals surface area contributed by atoms with Crippen LogP contribution in [0.25, 0.3) is 0 Å². The van der Waals surface area contributed by atoms with Gasteiger partial charge in [-0.3, -0.25) is 4.79 Å². The van der Waals surface area contributed by atoms with Crippen LogP contribution in [0.15, 0.2) is 0 Å². The fourth-order valence-electron chi connectivity index (χ4n) is 4.40. The van der Waals surface area contributed by atoms with Gasteiger partial charge in [0, 0.05) is 38.0 Å². The summed E-state index contributed by atoms with van der Waals surface area (Å²) in [6, 6.07) is 0. The Hall–Kier alpha value is -0.450. The van der Waals surface area contributed by atoms with Gasteiger partial charge in [0.25, 0.3) is 0 Å². The minimum atomic E-state index is -0.533. The number of hydrogen-bond acceptors (Lipinski definition) is 4. The van der Waals surface area contributed by atoms with Gasteiger partial charge in [-0.25, -0.2) is 0 Å². The first kappa shape index (κ1) is 11.4. The number of ketones is 1. The normalized spacial score (nSPS) is 54.9. The zero-order valence-corrected chi connectivity index (χ0v) is 10.8. The summed E-state index contributed by atoms with van der Waals surface area (Å²) in [5, 5.41) is 0. The maximum absolute atomic E-state index is 11.7. The summed E-state index contributed by atoms with van der Waals surface area (Å²) in [5.74, 6) is 0.209. The fraction of sp³-hybridized carbons (Fsp3) is 0.929. The van der Waals surface area contributed by atoms with Crippen LogP contribution >= 0.6 is 0 Å². The number of carbonyl (C=O) groups excluding carboxylic acids is 1. The molecule has 4 nitrogen and oxygen atoms in total. The maximum Gasteiger partial charge on any atom is 0.178 e. The van der Waals surface area contributed by atoms with E-state index in [1.54, 1.807) is 0 Å². The van der Waals surface area contributed by atoms with Crippen molar-refractivity contribution in [3.8, 4) is 0 Å². The van der Waals surface area contributed by atoms with Crippen LogP contribution < -0.4 is 0 Å². The molecule has 5 fully saturated rings. The molecule has 0 amide bonds. The van der Waals surface area contributed by atoms with E-state index in [-0.39, 0.29) is 12.2 Å². The molecule has 5 atom stereocenters. The predicted molar refractivity (Wildman–Crippen MR) is 62.5 cm³/mol. The second-order valence-corrected chi connectivity index (χ2v) is 6.55. The highest BCUT2D eigenvalue weighted by Crippen LogP contribution is 2.56. The summed E-state index contributed by atoms with van der Waals surface area (Å²) >= 11 is 0. The molecule has 5 rings (SSSR count). The van der Waals surface area contributed by atoms with E-state index in [2.05, 4.69) is 0 Å². The van der Waals surface area contributed by atoms with Crippen LogP contribution in [0, 0.1) is 11.8 Å². The molecule has 1 unspecified atom stereocenters. The molecule has 0 N–H and O–H groups in total. The summed E-state index contributed by atoms with van der Waals surface area (Å²) in [6.07, 6.45) is 6.15. The summed E-state index contributed by atoms with van der Waals surface area (Å²) in [7, 11) is 0. The lowest BCUT2D eigenvalue weighted by atomic mass is 9.72. The largest absolute Gasteiger partial charge is 0.321 e. The van der Waals surface area contributed by atoms with Crippen LogP contribution in [-0.4, -0.2) is 23.6 Å². The molecule has 4 heteroatoms. The predicted octanol–water partition coefficient (Wildman–Crippen LogP) is 2.36. The molecule has 0 radical (unpaired) electrons. The summed E-state index contributed by atoms with van der Waals surface area (Å²) in [5.41, 5.74) is 0. The summed E-state index contributed by atoms with van der Waals surface area (Å²) < 4.78 is 18.1. The number of rotatable bonds is 1. The van der Waals surface area contributed by atoms with Gasteiger partial charge < -0.3 is 14.2 Å². The van der Waals surface area contributed by atoms with Crippen LogP contribution in [0.3, 0.4) is 0 Å². The number of ether oxygens (including phenoxy) is 3. The molecule has 0 spiro atoms. The number of Topliss-reactive ketones (excluding diaryl/α,β-unsaturated/α-hetero) is 1. The van der Waals surface area contributed by atoms with Gasteiger partial charge in [0.2, 0.25) is 0 Å². The van der Waals surface area contributed by atoms with Crippen molar-refractivity contribution in [3.05, 3.63) is 0 Å². The lowest BCUT2D eigenvalue weighted by molar-refractivity contribution is -0.524. The van der Waals surface area contributed by atoms with Gasteiger partial charge in [-0.1, -0.05) is 0 Å². The van der Waals surface area contributed by atoms with Crippen molar-refractivity contribution in [1.82, 2.24) is 0 Å². The third-order valence-corrected chi connectivity index (χ3v) is 4.96. The van der Waals surface area contributed by atoms with Crippen LogP contribution in [0.4, 0.5) is 0 Å². The second kappa shape index (κ2) is 3.56. The van der Waals surface area contributed by atoms with Crippen LogP contribution in [0.1, 0.15) is 51.9 Å². The van der Waals surface area contributed by atoms with Crippen molar-refractivity contribution >= 4 is 5.78 Å². The molecule has 100 valence electrons. The van der Waals surface area contributed by atoms with Gasteiger partial charge in [-0.05, 0) is 25.7 Å². The Morgan fingerprint density at radius 1 is 1.28 bits per heavy atom. The van der Waals surface area contributed by atoms with E-state index >= 15 is 0 Å². The van der Waals surface area contributed by atoms with Gasteiger partial charge in [-0.15, -0.1) is 0 Å². The Labute approximate surface area is 107 Å². The summed E-state index contributed by atoms with van der Waals surface area (Å²) in [4.78, 5) is 11.7. The van der Waals surface area contributed by atoms with Crippen LogP contribution in [0.5, 0.6) is 0 Å². The standard InChI is InChI=1S/C14H20O4/c1-13-7-9-5-12(16-13)17-14(8-9,18-13)10-3-2-4-11(15)6-10/h9-10,12H,2-8H2,1H3/t9-,10?,12+,13-,14-/m1/s1. The third-order valence-electron chi connectivity index (χ3n) is 4.96. The molecule has 1 aliphatic carbocycles. The highest BCUT2D eigenvalue weighted by atomic mass is 16.9. The Morgan fingerprint density at radius 2 is 2.17 bits per heavy atom. The Balaban J connectivity index is 1.64. The van der Waals surface area contributed by atoms with Crippen LogP contribution in [-0.2, 0) is 19.0 Å². The first-order chi connectivity index (χ1) is 8.57. The van der Waals surface area contributed by atoms with E-state index < -0.39 is 11.6 Å². The van der Waals surface area contributed by atoms with Crippen LogP contribution in [0.2, 0.25) is 0 Å². The molecular formula is C14H20O4. The van der Waals surface area contributed by atoms with Crippen molar-refractivity contribution in [2.45, 2.75) is 69.7 Å². The molecular weight excluding hydrogens is 232 g/mol. The third kappa shape index (κ3) is 1.59. The Morgan fingerprint density at radius 3 is 2.89 bits per heavy atom. The Kier molecular flexibility index (Phi) is 2.25. The minimum Gasteiger partial charge on any atom is -0.321 e. The van der Waals surface area contributed by atoms with Gasteiger partial charge in [0.15, 0.2) is 17.9 Å². The molecule has 4 saturated heterocycles. The monoisotopic (exact) mass is 252 g/mol. The quantitative estimate of drug-likeness (QED) is 0.718. The SMILES string of the molecule is C[C@@]12C[C@H]3C[C@@H](O1)O[C@](C1CCCC(=O)C1)(C3)O2. The molecule has 0 aromatic carbocycles. The molecule has 0 aromatic heterocycles. The zero-order chi connectivity index (χ0) is 12.4. The first-order valence-electron chi connectivity index (χ1n) is 7.14. The molecule has 4 bridgehead atoms. The number of hydrogen-bond donors (Lipinski definition) is 0. The lowest BCUT2D eigenvalue weighted by Crippen LogP contribution is -2.67. The maximum atomic E-state index is 11.7. The van der Waals surface area contributed by atoms with Gasteiger partial charge >= 0.3 is 0 Å². The topological polar surface area (TPSA) is 44.8 Å². The number of carbonyl (C=O) groups is 1. The average Bonchev–Trinajstić information content (AvgIpc) is 2.25. The van der Waals surface area contributed by atoms with Crippen molar-refractivity contribution in [3.63, 3.8) is 0 Å². The summed E-state index contributed by atoms with van der Waals surface area (Å²) in [6.45, 7) is 2.02. The van der Waals surface area contributed by atoms with Crippen molar-refractivity contribution < 1.29 is 19.0 Å². The van der Waals surface area contributed by atoms with Crippen molar-refractivity contribution in [2.24, 2.45) is 11.8 Å². The lowest BCUT2D eigenvalue weighted by Gasteiger charge is -2.62. The zero-order valence-electron chi connectivity index (χ0n) is 10.8. The Bertz CT molecular complexity index is 377. The van der Waals surface area contributed by atoms with E-state index in [0.29, 0.717) is 18.1 Å². The molecule has 4 heterocycles. The van der Waals surface area contributed by atoms with Crippen molar-refractivity contribution in [1.29, 1.82) is 0 Å². The van der Waals surface area contributed by atoms with Gasteiger partial charge in [-0.2, -0.15) is 0 Å². The molecule has 18 heavy (non-hydrogen) atoms. The smallest absolute Gasteiger partial charge is 0.178 e. The second-order valence-electron chi connectivity index (χ2n) is 6.55. The fourth-order valence-corrected chi connectivity index (χ4v) is 4.40. The van der Waals surface area contributed by atoms with E-state index in [1.807, 2.05) is 6.92 Å². The van der Waals surface area contributed by atoms with E-state index in [1.165, 1.54) is 0 Å². The highest BCUT2D eigenvalue weighted by Gasteiger charge is 2.62. The minimum absolute atomic E-state index is 0.117. The first-order valence-corrected chi connectivity index (χ1v) is 7.14. The van der Waals surface area contributed by atoms with E-state index in [0.717, 1.165) is 38.5 Å². The van der Waals surface area contributed by atoms with Gasteiger partial charge in [0.1, 0.15) is 5.78 Å². The molecule has 5 aliphatic rings. The van der Waals surface area contributed by atoms with Gasteiger partial charge in [0.05, 0.1) is 0 Å². The molecule has 0 aromatic rings. The highest BCUT2D eigenvalue weighted by molar-refractivity contribution is 5.79. The van der Waals surface area contributed by atoms with E-state index in [4.69, 9.17) is 14.2 Å².